The molecule has 21 heavy (non-hydrogen) atoms. The number of amides is 2. The highest BCUT2D eigenvalue weighted by Crippen LogP contribution is 2.22. The Labute approximate surface area is 120 Å². The second-order valence-electron chi connectivity index (χ2n) is 4.82. The zero-order valence-electron chi connectivity index (χ0n) is 11.7. The van der Waals surface area contributed by atoms with Crippen molar-refractivity contribution in [2.24, 2.45) is 0 Å². The number of nitrogens with one attached hydrogen (secondary N) is 2. The predicted molar refractivity (Wildman–Crippen MR) is 81.3 cm³/mol. The average Bonchev–Trinajstić information content (AvgIpc) is 2.75. The molecule has 6 heteroatoms. The van der Waals surface area contributed by atoms with E-state index in [2.05, 4.69) is 15.6 Å². The molecule has 3 aromatic rings. The third-order valence-electron chi connectivity index (χ3n) is 3.04. The zero-order chi connectivity index (χ0) is 15.0. The topological polar surface area (TPSA) is 75.5 Å². The minimum absolute atomic E-state index is 0.123. The molecule has 2 aromatic heterocycles. The van der Waals surface area contributed by atoms with Crippen LogP contribution in [0.5, 0.6) is 0 Å². The third-order valence-corrected chi connectivity index (χ3v) is 3.04. The predicted octanol–water partition coefficient (Wildman–Crippen LogP) is 2.40. The number of benzene rings is 1. The second-order valence-corrected chi connectivity index (χ2v) is 4.82. The molecule has 6 nitrogen and oxygen atoms in total. The zero-order valence-corrected chi connectivity index (χ0v) is 11.7. The first-order chi connectivity index (χ1) is 10.0. The van der Waals surface area contributed by atoms with Crippen molar-refractivity contribution in [1.82, 2.24) is 9.38 Å². The van der Waals surface area contributed by atoms with Crippen LogP contribution in [0.3, 0.4) is 0 Å². The van der Waals surface area contributed by atoms with Gasteiger partial charge in [-0.05, 0) is 30.3 Å². The van der Waals surface area contributed by atoms with E-state index in [1.165, 1.54) is 13.8 Å². The van der Waals surface area contributed by atoms with Crippen molar-refractivity contribution in [1.29, 1.82) is 0 Å². The Bertz CT molecular complexity index is 796. The fourth-order valence-electron chi connectivity index (χ4n) is 2.27. The van der Waals surface area contributed by atoms with Crippen LogP contribution < -0.4 is 10.6 Å². The molecule has 1 aromatic carbocycles. The number of imidazole rings is 1. The van der Waals surface area contributed by atoms with E-state index in [9.17, 15) is 9.59 Å². The molecule has 0 aliphatic carbocycles. The highest BCUT2D eigenvalue weighted by atomic mass is 16.2. The minimum atomic E-state index is -0.127. The number of nitrogens with zero attached hydrogens (tertiary/aromatic N) is 2. The maximum atomic E-state index is 11.1. The number of carbonyl (C=O) groups is 2. The van der Waals surface area contributed by atoms with Gasteiger partial charge in [0, 0.05) is 25.7 Å². The third kappa shape index (κ3) is 2.55. The fraction of sp³-hybridized carbons (Fsp3) is 0.133. The van der Waals surface area contributed by atoms with Gasteiger partial charge < -0.3 is 10.6 Å². The van der Waals surface area contributed by atoms with E-state index >= 15 is 0 Å². The number of aromatic nitrogens is 2. The van der Waals surface area contributed by atoms with Gasteiger partial charge >= 0.3 is 0 Å². The standard InChI is InChI=1S/C15H14N4O2/c1-9(20)16-11-3-5-13-14(7-11)19-8-12(17-10(2)21)4-6-15(19)18-13/h3-8H,1-2H3,(H,16,20)(H,17,21). The van der Waals surface area contributed by atoms with Gasteiger partial charge in [-0.15, -0.1) is 0 Å². The quantitative estimate of drug-likeness (QED) is 0.758. The van der Waals surface area contributed by atoms with Crippen molar-refractivity contribution < 1.29 is 9.59 Å². The van der Waals surface area contributed by atoms with E-state index in [1.807, 2.05) is 34.9 Å². The van der Waals surface area contributed by atoms with Crippen LogP contribution in [0.4, 0.5) is 11.4 Å². The monoisotopic (exact) mass is 282 g/mol. The van der Waals surface area contributed by atoms with Crippen molar-refractivity contribution in [3.8, 4) is 0 Å². The van der Waals surface area contributed by atoms with Crippen molar-refractivity contribution in [2.75, 3.05) is 10.6 Å². The Morgan fingerprint density at radius 1 is 1.00 bits per heavy atom. The van der Waals surface area contributed by atoms with Crippen molar-refractivity contribution in [3.05, 3.63) is 36.5 Å². The van der Waals surface area contributed by atoms with Gasteiger partial charge in [0.25, 0.3) is 0 Å². The van der Waals surface area contributed by atoms with E-state index < -0.39 is 0 Å². The highest BCUT2D eigenvalue weighted by molar-refractivity contribution is 5.93. The molecule has 106 valence electrons. The maximum absolute atomic E-state index is 11.1. The Kier molecular flexibility index (Phi) is 3.06. The summed E-state index contributed by atoms with van der Waals surface area (Å²) >= 11 is 0. The summed E-state index contributed by atoms with van der Waals surface area (Å²) in [6, 6.07) is 9.16. The number of pyridine rings is 1. The van der Waals surface area contributed by atoms with E-state index in [4.69, 9.17) is 0 Å². The van der Waals surface area contributed by atoms with Gasteiger partial charge in [-0.25, -0.2) is 4.98 Å². The molecule has 0 aliphatic heterocycles. The van der Waals surface area contributed by atoms with Gasteiger partial charge in [-0.1, -0.05) is 0 Å². The van der Waals surface area contributed by atoms with E-state index in [-0.39, 0.29) is 11.8 Å². The van der Waals surface area contributed by atoms with Crippen LogP contribution in [0.2, 0.25) is 0 Å². The lowest BCUT2D eigenvalue weighted by molar-refractivity contribution is -0.115. The van der Waals surface area contributed by atoms with Crippen LogP contribution in [-0.4, -0.2) is 21.2 Å². The summed E-state index contributed by atoms with van der Waals surface area (Å²) in [6.07, 6.45) is 1.81. The largest absolute Gasteiger partial charge is 0.326 e. The second kappa shape index (κ2) is 4.90. The number of anilines is 2. The molecular weight excluding hydrogens is 268 g/mol. The first-order valence-corrected chi connectivity index (χ1v) is 6.50. The molecule has 0 fully saturated rings. The smallest absolute Gasteiger partial charge is 0.221 e. The lowest BCUT2D eigenvalue weighted by atomic mass is 10.2. The molecule has 0 spiro atoms. The molecule has 0 radical (unpaired) electrons. The van der Waals surface area contributed by atoms with E-state index in [0.717, 1.165) is 16.7 Å². The Morgan fingerprint density at radius 2 is 1.67 bits per heavy atom. The maximum Gasteiger partial charge on any atom is 0.221 e. The molecule has 2 heterocycles. The molecule has 2 N–H and O–H groups in total. The Hall–Kier alpha value is -2.89. The lowest BCUT2D eigenvalue weighted by Crippen LogP contribution is -2.06. The minimum Gasteiger partial charge on any atom is -0.326 e. The van der Waals surface area contributed by atoms with Crippen LogP contribution in [0.1, 0.15) is 13.8 Å². The van der Waals surface area contributed by atoms with Crippen LogP contribution in [0.25, 0.3) is 16.7 Å². The molecule has 0 bridgehead atoms. The van der Waals surface area contributed by atoms with Crippen LogP contribution >= 0.6 is 0 Å². The summed E-state index contributed by atoms with van der Waals surface area (Å²) in [4.78, 5) is 26.8. The number of rotatable bonds is 2. The first kappa shape index (κ1) is 13.1. The van der Waals surface area contributed by atoms with Crippen LogP contribution in [-0.2, 0) is 9.59 Å². The summed E-state index contributed by atoms with van der Waals surface area (Å²) in [5.41, 5.74) is 3.87. The van der Waals surface area contributed by atoms with Gasteiger partial charge in [0.1, 0.15) is 5.65 Å². The van der Waals surface area contributed by atoms with Crippen molar-refractivity contribution >= 4 is 39.9 Å². The van der Waals surface area contributed by atoms with Gasteiger partial charge in [-0.3, -0.25) is 14.0 Å². The van der Waals surface area contributed by atoms with Crippen molar-refractivity contribution in [2.45, 2.75) is 13.8 Å². The number of hydrogen-bond acceptors (Lipinski definition) is 3. The number of carbonyl (C=O) groups excluding carboxylic acids is 2. The van der Waals surface area contributed by atoms with Gasteiger partial charge in [0.15, 0.2) is 0 Å². The number of fused-ring (bicyclic) bond motifs is 3. The van der Waals surface area contributed by atoms with E-state index in [0.29, 0.717) is 11.4 Å². The Morgan fingerprint density at radius 3 is 2.38 bits per heavy atom. The Balaban J connectivity index is 2.16. The summed E-state index contributed by atoms with van der Waals surface area (Å²) in [5.74, 6) is -0.250. The summed E-state index contributed by atoms with van der Waals surface area (Å²) < 4.78 is 1.88. The van der Waals surface area contributed by atoms with Gasteiger partial charge in [0.05, 0.1) is 16.7 Å². The van der Waals surface area contributed by atoms with Gasteiger partial charge in [0.2, 0.25) is 11.8 Å². The molecule has 2 amide bonds. The van der Waals surface area contributed by atoms with Gasteiger partial charge in [-0.2, -0.15) is 0 Å². The summed E-state index contributed by atoms with van der Waals surface area (Å²) in [6.45, 7) is 2.93. The normalized spacial score (nSPS) is 10.8. The molecule has 0 atom stereocenters. The van der Waals surface area contributed by atoms with Crippen LogP contribution in [0, 0.1) is 0 Å². The molecule has 3 rings (SSSR count). The highest BCUT2D eigenvalue weighted by Gasteiger charge is 2.07. The van der Waals surface area contributed by atoms with Crippen molar-refractivity contribution in [3.63, 3.8) is 0 Å². The average molecular weight is 282 g/mol. The molecule has 0 unspecified atom stereocenters. The fourth-order valence-corrected chi connectivity index (χ4v) is 2.27. The lowest BCUT2D eigenvalue weighted by Gasteiger charge is -2.04. The molecule has 0 aliphatic rings. The van der Waals surface area contributed by atoms with E-state index in [1.54, 1.807) is 6.07 Å². The first-order valence-electron chi connectivity index (χ1n) is 6.50. The summed E-state index contributed by atoms with van der Waals surface area (Å²) in [5, 5.41) is 5.49. The SMILES string of the molecule is CC(=O)Nc1ccc2nc3ccc(NC(C)=O)cn3c2c1. The number of hydrogen-bond donors (Lipinski definition) is 2. The summed E-state index contributed by atoms with van der Waals surface area (Å²) in [7, 11) is 0. The molecular formula is C15H14N4O2. The molecule has 0 saturated heterocycles. The molecule has 0 saturated carbocycles. The van der Waals surface area contributed by atoms with Crippen LogP contribution in [0.15, 0.2) is 36.5 Å².